The van der Waals surface area contributed by atoms with Crippen molar-refractivity contribution in [2.45, 2.75) is 19.9 Å². The Bertz CT molecular complexity index is 218. The lowest BCUT2D eigenvalue weighted by atomic mass is 10.1. The molecular formula is C9H18N2O4. The van der Waals surface area contributed by atoms with Gasteiger partial charge >= 0.3 is 5.97 Å². The average Bonchev–Trinajstić information content (AvgIpc) is 2.13. The molecule has 1 atom stereocenters. The van der Waals surface area contributed by atoms with Crippen LogP contribution in [0.15, 0.2) is 0 Å². The summed E-state index contributed by atoms with van der Waals surface area (Å²) < 4.78 is 4.87. The predicted octanol–water partition coefficient (Wildman–Crippen LogP) is -0.813. The average molecular weight is 218 g/mol. The van der Waals surface area contributed by atoms with Crippen molar-refractivity contribution in [2.24, 2.45) is 11.7 Å². The van der Waals surface area contributed by atoms with Gasteiger partial charge in [-0.3, -0.25) is 4.79 Å². The number of amides is 1. The molecule has 0 unspecified atom stereocenters. The molecule has 4 N–H and O–H groups in total. The van der Waals surface area contributed by atoms with E-state index in [-0.39, 0.29) is 19.1 Å². The number of ether oxygens (including phenoxy) is 1. The quantitative estimate of drug-likeness (QED) is 0.485. The fraction of sp³-hybridized carbons (Fsp3) is 0.778. The molecule has 0 aliphatic heterocycles. The number of carboxylic acids is 1. The highest BCUT2D eigenvalue weighted by Gasteiger charge is 2.22. The largest absolute Gasteiger partial charge is 0.480 e. The minimum absolute atomic E-state index is 0.159. The Labute approximate surface area is 88.8 Å². The molecule has 0 rings (SSSR count). The van der Waals surface area contributed by atoms with Crippen LogP contribution in [0.25, 0.3) is 0 Å². The maximum absolute atomic E-state index is 11.2. The van der Waals surface area contributed by atoms with Crippen molar-refractivity contribution in [3.05, 3.63) is 0 Å². The molecule has 0 aliphatic carbocycles. The summed E-state index contributed by atoms with van der Waals surface area (Å²) in [5.41, 5.74) is 5.16. The van der Waals surface area contributed by atoms with Crippen molar-refractivity contribution in [1.29, 1.82) is 0 Å². The SMILES string of the molecule is CC(C)[C@H](NC(=O)COCCN)C(=O)O. The minimum Gasteiger partial charge on any atom is -0.480 e. The third-order valence-electron chi connectivity index (χ3n) is 1.74. The Morgan fingerprint density at radius 3 is 2.47 bits per heavy atom. The van der Waals surface area contributed by atoms with Crippen LogP contribution in [0.3, 0.4) is 0 Å². The van der Waals surface area contributed by atoms with E-state index in [1.54, 1.807) is 13.8 Å². The summed E-state index contributed by atoms with van der Waals surface area (Å²) in [6.45, 7) is 3.90. The molecule has 0 fully saturated rings. The van der Waals surface area contributed by atoms with Crippen LogP contribution in [0.2, 0.25) is 0 Å². The van der Waals surface area contributed by atoms with Crippen LogP contribution in [0.1, 0.15) is 13.8 Å². The Morgan fingerprint density at radius 2 is 2.07 bits per heavy atom. The Kier molecular flexibility index (Phi) is 6.64. The topological polar surface area (TPSA) is 102 Å². The van der Waals surface area contributed by atoms with Crippen molar-refractivity contribution in [2.75, 3.05) is 19.8 Å². The van der Waals surface area contributed by atoms with Gasteiger partial charge in [0, 0.05) is 6.54 Å². The maximum Gasteiger partial charge on any atom is 0.326 e. The van der Waals surface area contributed by atoms with Gasteiger partial charge in [-0.05, 0) is 5.92 Å². The summed E-state index contributed by atoms with van der Waals surface area (Å²) >= 11 is 0. The first-order valence-corrected chi connectivity index (χ1v) is 4.79. The van der Waals surface area contributed by atoms with Gasteiger partial charge in [0.1, 0.15) is 12.6 Å². The molecule has 0 bridgehead atoms. The van der Waals surface area contributed by atoms with Crippen LogP contribution in [0.4, 0.5) is 0 Å². The number of hydrogen-bond donors (Lipinski definition) is 3. The number of carbonyl (C=O) groups is 2. The van der Waals surface area contributed by atoms with Crippen molar-refractivity contribution in [3.8, 4) is 0 Å². The lowest BCUT2D eigenvalue weighted by Crippen LogP contribution is -2.45. The van der Waals surface area contributed by atoms with E-state index in [0.717, 1.165) is 0 Å². The van der Waals surface area contributed by atoms with E-state index in [1.165, 1.54) is 0 Å². The first-order chi connectivity index (χ1) is 6.99. The number of nitrogens with one attached hydrogen (secondary N) is 1. The van der Waals surface area contributed by atoms with E-state index in [9.17, 15) is 9.59 Å². The van der Waals surface area contributed by atoms with Crippen LogP contribution >= 0.6 is 0 Å². The predicted molar refractivity (Wildman–Crippen MR) is 54.3 cm³/mol. The summed E-state index contributed by atoms with van der Waals surface area (Å²) in [6.07, 6.45) is 0. The van der Waals surface area contributed by atoms with Crippen LogP contribution in [-0.2, 0) is 14.3 Å². The Morgan fingerprint density at radius 1 is 1.47 bits per heavy atom. The standard InChI is InChI=1S/C9H18N2O4/c1-6(2)8(9(13)14)11-7(12)5-15-4-3-10/h6,8H,3-5,10H2,1-2H3,(H,11,12)(H,13,14)/t8-/m0/s1. The molecule has 88 valence electrons. The maximum atomic E-state index is 11.2. The van der Waals surface area contributed by atoms with Gasteiger partial charge in [0.25, 0.3) is 0 Å². The van der Waals surface area contributed by atoms with Crippen LogP contribution in [0, 0.1) is 5.92 Å². The number of rotatable bonds is 7. The van der Waals surface area contributed by atoms with Crippen molar-refractivity contribution in [3.63, 3.8) is 0 Å². The fourth-order valence-corrected chi connectivity index (χ4v) is 0.977. The van der Waals surface area contributed by atoms with E-state index in [2.05, 4.69) is 5.32 Å². The first kappa shape index (κ1) is 13.9. The molecule has 0 heterocycles. The molecule has 0 aromatic rings. The monoisotopic (exact) mass is 218 g/mol. The lowest BCUT2D eigenvalue weighted by Gasteiger charge is -2.17. The summed E-state index contributed by atoms with van der Waals surface area (Å²) in [6, 6.07) is -0.876. The molecule has 15 heavy (non-hydrogen) atoms. The van der Waals surface area contributed by atoms with Gasteiger partial charge in [0.15, 0.2) is 0 Å². The molecule has 0 aromatic heterocycles. The molecular weight excluding hydrogens is 200 g/mol. The van der Waals surface area contributed by atoms with Crippen molar-refractivity contribution >= 4 is 11.9 Å². The number of carbonyl (C=O) groups excluding carboxylic acids is 1. The molecule has 0 saturated carbocycles. The molecule has 0 aliphatic rings. The number of hydrogen-bond acceptors (Lipinski definition) is 4. The second kappa shape index (κ2) is 7.19. The zero-order chi connectivity index (χ0) is 11.8. The van der Waals surface area contributed by atoms with E-state index in [4.69, 9.17) is 15.6 Å². The lowest BCUT2D eigenvalue weighted by molar-refractivity contribution is -0.143. The number of carboxylic acid groups (broad SMARTS) is 1. The van der Waals surface area contributed by atoms with Crippen LogP contribution in [0.5, 0.6) is 0 Å². The van der Waals surface area contributed by atoms with E-state index in [0.29, 0.717) is 6.54 Å². The molecule has 6 heteroatoms. The molecule has 0 spiro atoms. The third-order valence-corrected chi connectivity index (χ3v) is 1.74. The second-order valence-corrected chi connectivity index (χ2v) is 3.47. The Hall–Kier alpha value is -1.14. The summed E-state index contributed by atoms with van der Waals surface area (Å²) in [5.74, 6) is -1.65. The van der Waals surface area contributed by atoms with Gasteiger partial charge in [-0.25, -0.2) is 4.79 Å². The van der Waals surface area contributed by atoms with E-state index < -0.39 is 17.9 Å². The molecule has 1 amide bonds. The first-order valence-electron chi connectivity index (χ1n) is 4.79. The highest BCUT2D eigenvalue weighted by atomic mass is 16.5. The highest BCUT2D eigenvalue weighted by Crippen LogP contribution is 2.01. The Balaban J connectivity index is 3.95. The van der Waals surface area contributed by atoms with Crippen LogP contribution in [-0.4, -0.2) is 42.8 Å². The smallest absolute Gasteiger partial charge is 0.326 e. The summed E-state index contributed by atoms with van der Waals surface area (Å²) in [5, 5.41) is 11.2. The van der Waals surface area contributed by atoms with Crippen molar-refractivity contribution < 1.29 is 19.4 Å². The number of aliphatic carboxylic acids is 1. The van der Waals surface area contributed by atoms with Gasteiger partial charge in [-0.1, -0.05) is 13.8 Å². The summed E-state index contributed by atoms with van der Waals surface area (Å²) in [4.78, 5) is 21.9. The van der Waals surface area contributed by atoms with Gasteiger partial charge in [0.05, 0.1) is 6.61 Å². The molecule has 6 nitrogen and oxygen atoms in total. The minimum atomic E-state index is -1.04. The molecule has 0 saturated heterocycles. The van der Waals surface area contributed by atoms with E-state index in [1.807, 2.05) is 0 Å². The fourth-order valence-electron chi connectivity index (χ4n) is 0.977. The van der Waals surface area contributed by atoms with Gasteiger partial charge in [-0.15, -0.1) is 0 Å². The van der Waals surface area contributed by atoms with E-state index >= 15 is 0 Å². The van der Waals surface area contributed by atoms with Gasteiger partial charge < -0.3 is 20.9 Å². The number of nitrogens with two attached hydrogens (primary N) is 1. The second-order valence-electron chi connectivity index (χ2n) is 3.47. The summed E-state index contributed by atoms with van der Waals surface area (Å²) in [7, 11) is 0. The molecule has 0 radical (unpaired) electrons. The normalized spacial score (nSPS) is 12.5. The van der Waals surface area contributed by atoms with Crippen LogP contribution < -0.4 is 11.1 Å². The third kappa shape index (κ3) is 6.03. The van der Waals surface area contributed by atoms with Gasteiger partial charge in [0.2, 0.25) is 5.91 Å². The van der Waals surface area contributed by atoms with Crippen molar-refractivity contribution in [1.82, 2.24) is 5.32 Å². The zero-order valence-corrected chi connectivity index (χ0v) is 9.03. The molecule has 0 aromatic carbocycles. The highest BCUT2D eigenvalue weighted by molar-refractivity contribution is 5.84. The van der Waals surface area contributed by atoms with Gasteiger partial charge in [-0.2, -0.15) is 0 Å². The zero-order valence-electron chi connectivity index (χ0n) is 9.03.